The standard InChI is InChI=1S/C21H14F5NO/c22-17-16(18(23)20(25)21(26)19(17)24)14-8-6-12(7-9-14)10-15(28)27-11-13-4-2-1-3-5-13/h1-9H,10-11H2,(H,27,28). The van der Waals surface area contributed by atoms with E-state index in [9.17, 15) is 26.7 Å². The molecule has 1 N–H and O–H groups in total. The number of halogens is 5. The fourth-order valence-electron chi connectivity index (χ4n) is 2.69. The monoisotopic (exact) mass is 391 g/mol. The quantitative estimate of drug-likeness (QED) is 0.374. The van der Waals surface area contributed by atoms with Gasteiger partial charge in [0.15, 0.2) is 23.3 Å². The molecule has 0 unspecified atom stereocenters. The first-order valence-corrected chi connectivity index (χ1v) is 8.30. The molecule has 28 heavy (non-hydrogen) atoms. The summed E-state index contributed by atoms with van der Waals surface area (Å²) in [7, 11) is 0. The molecular weight excluding hydrogens is 377 g/mol. The average Bonchev–Trinajstić information content (AvgIpc) is 2.71. The zero-order valence-electron chi connectivity index (χ0n) is 14.4. The van der Waals surface area contributed by atoms with Crippen LogP contribution >= 0.6 is 0 Å². The van der Waals surface area contributed by atoms with Crippen molar-refractivity contribution in [2.24, 2.45) is 0 Å². The van der Waals surface area contributed by atoms with Gasteiger partial charge in [0.05, 0.1) is 12.0 Å². The molecule has 2 nitrogen and oxygen atoms in total. The van der Waals surface area contributed by atoms with E-state index in [1.165, 1.54) is 24.3 Å². The lowest BCUT2D eigenvalue weighted by Crippen LogP contribution is -2.24. The summed E-state index contributed by atoms with van der Waals surface area (Å²) in [5.74, 6) is -10.3. The van der Waals surface area contributed by atoms with Crippen molar-refractivity contribution < 1.29 is 26.7 Å². The number of rotatable bonds is 5. The normalized spacial score (nSPS) is 10.8. The Balaban J connectivity index is 1.73. The molecule has 0 heterocycles. The molecule has 0 saturated carbocycles. The highest BCUT2D eigenvalue weighted by atomic mass is 19.2. The van der Waals surface area contributed by atoms with E-state index in [0.717, 1.165) is 5.56 Å². The van der Waals surface area contributed by atoms with Crippen LogP contribution in [0.15, 0.2) is 54.6 Å². The topological polar surface area (TPSA) is 29.1 Å². The molecule has 3 aromatic carbocycles. The minimum atomic E-state index is -2.20. The highest BCUT2D eigenvalue weighted by Gasteiger charge is 2.26. The van der Waals surface area contributed by atoms with Crippen molar-refractivity contribution in [2.45, 2.75) is 13.0 Å². The van der Waals surface area contributed by atoms with Crippen molar-refractivity contribution >= 4 is 5.91 Å². The van der Waals surface area contributed by atoms with Crippen LogP contribution in [-0.2, 0) is 17.8 Å². The summed E-state index contributed by atoms with van der Waals surface area (Å²) < 4.78 is 67.6. The lowest BCUT2D eigenvalue weighted by Gasteiger charge is -2.10. The van der Waals surface area contributed by atoms with Crippen LogP contribution in [-0.4, -0.2) is 5.91 Å². The minimum absolute atomic E-state index is 0.00418. The number of nitrogens with one attached hydrogen (secondary N) is 1. The van der Waals surface area contributed by atoms with Gasteiger partial charge in [0.25, 0.3) is 0 Å². The third kappa shape index (κ3) is 4.03. The van der Waals surface area contributed by atoms with Gasteiger partial charge in [-0.15, -0.1) is 0 Å². The third-order valence-electron chi connectivity index (χ3n) is 4.15. The van der Waals surface area contributed by atoms with Crippen LogP contribution in [0.4, 0.5) is 22.0 Å². The fraction of sp³-hybridized carbons (Fsp3) is 0.0952. The van der Waals surface area contributed by atoms with E-state index in [1.54, 1.807) is 0 Å². The van der Waals surface area contributed by atoms with Crippen LogP contribution < -0.4 is 5.32 Å². The van der Waals surface area contributed by atoms with Crippen molar-refractivity contribution in [3.8, 4) is 11.1 Å². The van der Waals surface area contributed by atoms with Gasteiger partial charge in [0.1, 0.15) is 0 Å². The Labute approximate surface area is 157 Å². The van der Waals surface area contributed by atoms with E-state index in [0.29, 0.717) is 12.1 Å². The van der Waals surface area contributed by atoms with Crippen molar-refractivity contribution in [2.75, 3.05) is 0 Å². The van der Waals surface area contributed by atoms with Gasteiger partial charge in [-0.05, 0) is 16.7 Å². The first kappa shape index (κ1) is 19.5. The highest BCUT2D eigenvalue weighted by molar-refractivity contribution is 5.79. The Morgan fingerprint density at radius 2 is 1.21 bits per heavy atom. The molecule has 0 aliphatic heterocycles. The molecule has 0 aliphatic carbocycles. The van der Waals surface area contributed by atoms with E-state index in [1.807, 2.05) is 30.3 Å². The molecule has 0 bridgehead atoms. The van der Waals surface area contributed by atoms with E-state index in [2.05, 4.69) is 5.32 Å². The summed E-state index contributed by atoms with van der Waals surface area (Å²) in [5.41, 5.74) is 0.272. The van der Waals surface area contributed by atoms with Gasteiger partial charge >= 0.3 is 0 Å². The molecule has 1 amide bonds. The maximum absolute atomic E-state index is 13.9. The Bertz CT molecular complexity index is 975. The van der Waals surface area contributed by atoms with Crippen molar-refractivity contribution in [3.63, 3.8) is 0 Å². The van der Waals surface area contributed by atoms with Gasteiger partial charge in [-0.1, -0.05) is 54.6 Å². The van der Waals surface area contributed by atoms with Gasteiger partial charge in [-0.3, -0.25) is 4.79 Å². The highest BCUT2D eigenvalue weighted by Crippen LogP contribution is 2.31. The van der Waals surface area contributed by atoms with Crippen molar-refractivity contribution in [1.29, 1.82) is 0 Å². The molecule has 0 aromatic heterocycles. The van der Waals surface area contributed by atoms with E-state index >= 15 is 0 Å². The van der Waals surface area contributed by atoms with Crippen LogP contribution in [0.25, 0.3) is 11.1 Å². The molecule has 0 saturated heterocycles. The maximum Gasteiger partial charge on any atom is 0.224 e. The number of benzene rings is 3. The van der Waals surface area contributed by atoms with Crippen molar-refractivity contribution in [1.82, 2.24) is 5.32 Å². The lowest BCUT2D eigenvalue weighted by molar-refractivity contribution is -0.120. The Hall–Kier alpha value is -3.22. The zero-order valence-corrected chi connectivity index (χ0v) is 14.4. The first-order valence-electron chi connectivity index (χ1n) is 8.30. The molecule has 0 aliphatic rings. The summed E-state index contributed by atoms with van der Waals surface area (Å²) in [6, 6.07) is 14.5. The van der Waals surface area contributed by atoms with E-state index in [-0.39, 0.29) is 17.9 Å². The maximum atomic E-state index is 13.9. The molecule has 3 aromatic rings. The van der Waals surface area contributed by atoms with Crippen LogP contribution in [0.3, 0.4) is 0 Å². The summed E-state index contributed by atoms with van der Waals surface area (Å²) in [6.45, 7) is 0.350. The second kappa shape index (κ2) is 8.21. The van der Waals surface area contributed by atoms with Gasteiger partial charge in [-0.25, -0.2) is 22.0 Å². The molecule has 3 rings (SSSR count). The van der Waals surface area contributed by atoms with E-state index in [4.69, 9.17) is 0 Å². The van der Waals surface area contributed by atoms with Gasteiger partial charge in [0.2, 0.25) is 11.7 Å². The SMILES string of the molecule is O=C(Cc1ccc(-c2c(F)c(F)c(F)c(F)c2F)cc1)NCc1ccccc1. The smallest absolute Gasteiger partial charge is 0.224 e. The predicted octanol–water partition coefficient (Wildman–Crippen LogP) is 4.91. The predicted molar refractivity (Wildman–Crippen MR) is 93.7 cm³/mol. The van der Waals surface area contributed by atoms with Crippen LogP contribution in [0.2, 0.25) is 0 Å². The number of hydrogen-bond donors (Lipinski definition) is 1. The van der Waals surface area contributed by atoms with Crippen LogP contribution in [0, 0.1) is 29.1 Å². The van der Waals surface area contributed by atoms with Crippen LogP contribution in [0.5, 0.6) is 0 Å². The molecule has 144 valence electrons. The second-order valence-corrected chi connectivity index (χ2v) is 6.08. The first-order chi connectivity index (χ1) is 13.4. The van der Waals surface area contributed by atoms with E-state index < -0.39 is 34.6 Å². The minimum Gasteiger partial charge on any atom is -0.352 e. The van der Waals surface area contributed by atoms with Gasteiger partial charge < -0.3 is 5.32 Å². The Kier molecular flexibility index (Phi) is 5.73. The van der Waals surface area contributed by atoms with Gasteiger partial charge in [0, 0.05) is 6.54 Å². The molecule has 0 spiro atoms. The summed E-state index contributed by atoms with van der Waals surface area (Å²) >= 11 is 0. The summed E-state index contributed by atoms with van der Waals surface area (Å²) in [4.78, 5) is 12.0. The summed E-state index contributed by atoms with van der Waals surface area (Å²) in [5, 5.41) is 2.73. The number of amides is 1. The zero-order chi connectivity index (χ0) is 20.3. The fourth-order valence-corrected chi connectivity index (χ4v) is 2.69. The van der Waals surface area contributed by atoms with Gasteiger partial charge in [-0.2, -0.15) is 0 Å². The van der Waals surface area contributed by atoms with Crippen LogP contribution in [0.1, 0.15) is 11.1 Å². The second-order valence-electron chi connectivity index (χ2n) is 6.08. The Morgan fingerprint density at radius 3 is 1.79 bits per heavy atom. The lowest BCUT2D eigenvalue weighted by atomic mass is 10.0. The molecule has 7 heteroatoms. The molecule has 0 atom stereocenters. The molecule has 0 radical (unpaired) electrons. The van der Waals surface area contributed by atoms with Crippen molar-refractivity contribution in [3.05, 3.63) is 94.8 Å². The average molecular weight is 391 g/mol. The molecule has 0 fully saturated rings. The largest absolute Gasteiger partial charge is 0.352 e. The number of hydrogen-bond acceptors (Lipinski definition) is 1. The third-order valence-corrected chi connectivity index (χ3v) is 4.15. The molecular formula is C21H14F5NO. The number of carbonyl (C=O) groups is 1. The Morgan fingerprint density at radius 1 is 0.679 bits per heavy atom. The number of carbonyl (C=O) groups excluding carboxylic acids is 1. The summed E-state index contributed by atoms with van der Waals surface area (Å²) in [6.07, 6.45) is 0.00418.